The normalized spacial score (nSPS) is 17.0. The molecule has 110 valence electrons. The fourth-order valence-corrected chi connectivity index (χ4v) is 3.20. The fraction of sp³-hybridized carbons (Fsp3) is 0. The van der Waals surface area contributed by atoms with Crippen molar-refractivity contribution in [1.82, 2.24) is 5.32 Å². The van der Waals surface area contributed by atoms with Crippen molar-refractivity contribution < 1.29 is 9.59 Å². The van der Waals surface area contributed by atoms with Crippen molar-refractivity contribution in [2.45, 2.75) is 0 Å². The lowest BCUT2D eigenvalue weighted by atomic mass is 10.1. The number of hydrogen-bond donors (Lipinski definition) is 1. The van der Waals surface area contributed by atoms with Gasteiger partial charge in [0.15, 0.2) is 5.11 Å². The summed E-state index contributed by atoms with van der Waals surface area (Å²) in [5.74, 6) is -0.902. The van der Waals surface area contributed by atoms with Crippen molar-refractivity contribution in [2.24, 2.45) is 0 Å². The topological polar surface area (TPSA) is 49.4 Å². The molecule has 1 aromatic heterocycles. The summed E-state index contributed by atoms with van der Waals surface area (Å²) in [6.07, 6.45) is 1.58. The van der Waals surface area contributed by atoms with Gasteiger partial charge in [0.25, 0.3) is 11.8 Å². The zero-order valence-corrected chi connectivity index (χ0v) is 14.3. The highest BCUT2D eigenvalue weighted by atomic mass is 79.9. The number of benzene rings is 1. The molecule has 0 saturated carbocycles. The minimum Gasteiger partial charge on any atom is -0.298 e. The molecule has 3 rings (SSSR count). The summed E-state index contributed by atoms with van der Waals surface area (Å²) < 4.78 is 0.894. The lowest BCUT2D eigenvalue weighted by molar-refractivity contribution is -0.122. The van der Waals surface area contributed by atoms with Crippen LogP contribution in [0.3, 0.4) is 0 Å². The van der Waals surface area contributed by atoms with E-state index < -0.39 is 11.8 Å². The van der Waals surface area contributed by atoms with Crippen molar-refractivity contribution in [3.05, 3.63) is 56.7 Å². The van der Waals surface area contributed by atoms with E-state index in [1.165, 1.54) is 16.2 Å². The predicted octanol–water partition coefficient (Wildman–Crippen LogP) is 3.34. The largest absolute Gasteiger partial charge is 0.298 e. The van der Waals surface area contributed by atoms with Gasteiger partial charge in [0.2, 0.25) is 0 Å². The van der Waals surface area contributed by atoms with Gasteiger partial charge in [-0.2, -0.15) is 0 Å². The van der Waals surface area contributed by atoms with Gasteiger partial charge in [0.1, 0.15) is 5.57 Å². The summed E-state index contributed by atoms with van der Waals surface area (Å²) in [5.41, 5.74) is 0.675. The Kier molecular flexibility index (Phi) is 4.19. The third-order valence-corrected chi connectivity index (χ3v) is 4.65. The van der Waals surface area contributed by atoms with Crippen LogP contribution in [0, 0.1) is 0 Å². The maximum absolute atomic E-state index is 12.7. The van der Waals surface area contributed by atoms with Crippen LogP contribution >= 0.6 is 39.5 Å². The van der Waals surface area contributed by atoms with Crippen molar-refractivity contribution in [3.8, 4) is 0 Å². The number of rotatable bonds is 2. The van der Waals surface area contributed by atoms with Crippen molar-refractivity contribution in [2.75, 3.05) is 4.90 Å². The second-order valence-electron chi connectivity index (χ2n) is 4.45. The molecule has 1 fully saturated rings. The summed E-state index contributed by atoms with van der Waals surface area (Å²) >= 11 is 9.93. The van der Waals surface area contributed by atoms with Gasteiger partial charge in [0, 0.05) is 9.35 Å². The predicted molar refractivity (Wildman–Crippen MR) is 94.7 cm³/mol. The van der Waals surface area contributed by atoms with Gasteiger partial charge in [-0.25, -0.2) is 0 Å². The Balaban J connectivity index is 2.01. The molecule has 1 aliphatic rings. The molecule has 0 spiro atoms. The Bertz CT molecular complexity index is 782. The Morgan fingerprint density at radius 3 is 2.55 bits per heavy atom. The van der Waals surface area contributed by atoms with E-state index in [9.17, 15) is 9.59 Å². The highest BCUT2D eigenvalue weighted by Crippen LogP contribution is 2.24. The number of nitrogens with one attached hydrogen (secondary N) is 1. The van der Waals surface area contributed by atoms with E-state index in [2.05, 4.69) is 21.2 Å². The first-order valence-corrected chi connectivity index (χ1v) is 8.35. The number of hydrogen-bond acceptors (Lipinski definition) is 4. The van der Waals surface area contributed by atoms with Crippen LogP contribution < -0.4 is 10.2 Å². The maximum Gasteiger partial charge on any atom is 0.270 e. The number of halogens is 1. The number of thiocarbonyl (C=S) groups is 1. The average Bonchev–Trinajstić information content (AvgIpc) is 2.98. The highest BCUT2D eigenvalue weighted by Gasteiger charge is 2.34. The fourth-order valence-electron chi connectivity index (χ4n) is 2.00. The Morgan fingerprint density at radius 1 is 1.18 bits per heavy atom. The number of amides is 2. The molecule has 7 heteroatoms. The van der Waals surface area contributed by atoms with Gasteiger partial charge in [0.05, 0.1) is 5.69 Å². The molecule has 22 heavy (non-hydrogen) atoms. The summed E-state index contributed by atoms with van der Waals surface area (Å²) in [7, 11) is 0. The molecule has 1 aromatic carbocycles. The number of carbonyl (C=O) groups excluding carboxylic acids is 2. The standard InChI is InChI=1S/C15H9BrN2O2S2/c16-9-3-5-10(6-4-9)18-14(20)12(13(19)17-15(18)21)8-11-2-1-7-22-11/h1-8H,(H,17,19,21)/b12-8-. The molecule has 2 amide bonds. The molecule has 0 bridgehead atoms. The molecule has 2 heterocycles. The van der Waals surface area contributed by atoms with Gasteiger partial charge in [-0.05, 0) is 54.0 Å². The quantitative estimate of drug-likeness (QED) is 0.484. The average molecular weight is 393 g/mol. The molecule has 0 atom stereocenters. The Hall–Kier alpha value is -1.83. The van der Waals surface area contributed by atoms with E-state index >= 15 is 0 Å². The summed E-state index contributed by atoms with van der Waals surface area (Å²) in [6, 6.07) is 10.8. The van der Waals surface area contributed by atoms with Crippen LogP contribution in [0.15, 0.2) is 51.8 Å². The van der Waals surface area contributed by atoms with Gasteiger partial charge < -0.3 is 0 Å². The monoisotopic (exact) mass is 392 g/mol. The van der Waals surface area contributed by atoms with E-state index in [1.807, 2.05) is 29.6 Å². The van der Waals surface area contributed by atoms with Crippen LogP contribution in [0.2, 0.25) is 0 Å². The van der Waals surface area contributed by atoms with Crippen LogP contribution in [0.4, 0.5) is 5.69 Å². The van der Waals surface area contributed by atoms with Gasteiger partial charge in [-0.1, -0.05) is 22.0 Å². The molecule has 0 radical (unpaired) electrons. The van der Waals surface area contributed by atoms with E-state index in [4.69, 9.17) is 12.2 Å². The molecular formula is C15H9BrN2O2S2. The lowest BCUT2D eigenvalue weighted by Crippen LogP contribution is -2.54. The summed E-state index contributed by atoms with van der Waals surface area (Å²) in [4.78, 5) is 26.9. The summed E-state index contributed by atoms with van der Waals surface area (Å²) in [6.45, 7) is 0. The Morgan fingerprint density at radius 2 is 1.91 bits per heavy atom. The van der Waals surface area contributed by atoms with E-state index in [-0.39, 0.29) is 10.7 Å². The van der Waals surface area contributed by atoms with Gasteiger partial charge in [-0.15, -0.1) is 11.3 Å². The third kappa shape index (κ3) is 2.87. The van der Waals surface area contributed by atoms with Crippen molar-refractivity contribution in [1.29, 1.82) is 0 Å². The van der Waals surface area contributed by atoms with E-state index in [1.54, 1.807) is 18.2 Å². The van der Waals surface area contributed by atoms with Crippen LogP contribution in [0.25, 0.3) is 6.08 Å². The number of nitrogens with zero attached hydrogens (tertiary/aromatic N) is 1. The second kappa shape index (κ2) is 6.12. The highest BCUT2D eigenvalue weighted by molar-refractivity contribution is 9.10. The number of thiophene rings is 1. The first-order valence-electron chi connectivity index (χ1n) is 6.27. The smallest absolute Gasteiger partial charge is 0.270 e. The molecule has 1 saturated heterocycles. The zero-order chi connectivity index (χ0) is 15.7. The summed E-state index contributed by atoms with van der Waals surface area (Å²) in [5, 5.41) is 4.53. The van der Waals surface area contributed by atoms with Crippen LogP contribution in [-0.4, -0.2) is 16.9 Å². The molecule has 2 aromatic rings. The van der Waals surface area contributed by atoms with Crippen LogP contribution in [0.1, 0.15) is 4.88 Å². The van der Waals surface area contributed by atoms with Gasteiger partial charge in [-0.3, -0.25) is 19.8 Å². The zero-order valence-electron chi connectivity index (χ0n) is 11.1. The molecule has 1 N–H and O–H groups in total. The molecule has 0 unspecified atom stereocenters. The number of anilines is 1. The molecule has 0 aliphatic carbocycles. The minimum atomic E-state index is -0.475. The van der Waals surface area contributed by atoms with E-state index in [0.29, 0.717) is 5.69 Å². The molecule has 1 aliphatic heterocycles. The first-order chi connectivity index (χ1) is 10.6. The molecule has 4 nitrogen and oxygen atoms in total. The van der Waals surface area contributed by atoms with Gasteiger partial charge >= 0.3 is 0 Å². The van der Waals surface area contributed by atoms with Crippen molar-refractivity contribution in [3.63, 3.8) is 0 Å². The second-order valence-corrected chi connectivity index (χ2v) is 6.73. The van der Waals surface area contributed by atoms with Crippen molar-refractivity contribution >= 4 is 68.2 Å². The Labute approximate surface area is 144 Å². The lowest BCUT2D eigenvalue weighted by Gasteiger charge is -2.28. The van der Waals surface area contributed by atoms with Crippen LogP contribution in [0.5, 0.6) is 0 Å². The SMILES string of the molecule is O=C1NC(=S)N(c2ccc(Br)cc2)C(=O)/C1=C\c1cccs1. The van der Waals surface area contributed by atoms with Crippen LogP contribution in [-0.2, 0) is 9.59 Å². The first kappa shape index (κ1) is 15.1. The maximum atomic E-state index is 12.7. The van der Waals surface area contributed by atoms with E-state index in [0.717, 1.165) is 9.35 Å². The molecular weight excluding hydrogens is 384 g/mol. The minimum absolute atomic E-state index is 0.0685. The third-order valence-electron chi connectivity index (χ3n) is 3.02. The number of carbonyl (C=O) groups is 2.